The molecule has 86 valence electrons. The van der Waals surface area contributed by atoms with E-state index in [-0.39, 0.29) is 5.54 Å². The zero-order valence-corrected chi connectivity index (χ0v) is 10.9. The van der Waals surface area contributed by atoms with Crippen molar-refractivity contribution in [3.8, 4) is 0 Å². The average molecular weight is 234 g/mol. The van der Waals surface area contributed by atoms with Gasteiger partial charge in [0.1, 0.15) is 0 Å². The minimum Gasteiger partial charge on any atom is -0.326 e. The molecule has 0 amide bonds. The lowest BCUT2D eigenvalue weighted by Crippen LogP contribution is -2.32. The molecule has 0 fully saturated rings. The van der Waals surface area contributed by atoms with Gasteiger partial charge in [0.05, 0.1) is 15.2 Å². The number of hydrogen-bond donors (Lipinski definition) is 1. The van der Waals surface area contributed by atoms with Crippen LogP contribution in [0.2, 0.25) is 0 Å². The first kappa shape index (κ1) is 11.6. The topological polar surface area (TPSA) is 38.9 Å². The molecule has 1 heterocycles. The van der Waals surface area contributed by atoms with Gasteiger partial charge in [0.2, 0.25) is 0 Å². The van der Waals surface area contributed by atoms with E-state index in [2.05, 4.69) is 37.0 Å². The molecular formula is C13H18N2S. The summed E-state index contributed by atoms with van der Waals surface area (Å²) in [5, 5.41) is 1.13. The van der Waals surface area contributed by atoms with Gasteiger partial charge < -0.3 is 5.73 Å². The summed E-state index contributed by atoms with van der Waals surface area (Å²) in [6.07, 6.45) is 2.05. The third-order valence-electron chi connectivity index (χ3n) is 2.62. The molecule has 2 rings (SSSR count). The summed E-state index contributed by atoms with van der Waals surface area (Å²) >= 11 is 1.76. The SMILES string of the molecule is Cc1nc2ccc(CCC(C)(C)N)cc2s1. The van der Waals surface area contributed by atoms with Crippen LogP contribution in [0.15, 0.2) is 18.2 Å². The summed E-state index contributed by atoms with van der Waals surface area (Å²) in [4.78, 5) is 4.46. The van der Waals surface area contributed by atoms with Crippen molar-refractivity contribution >= 4 is 21.6 Å². The number of hydrogen-bond acceptors (Lipinski definition) is 3. The summed E-state index contributed by atoms with van der Waals surface area (Å²) in [6.45, 7) is 6.19. The predicted octanol–water partition coefficient (Wildman–Crippen LogP) is 3.27. The Bertz CT molecular complexity index is 494. The van der Waals surface area contributed by atoms with Crippen LogP contribution in [0.3, 0.4) is 0 Å². The zero-order chi connectivity index (χ0) is 11.8. The summed E-state index contributed by atoms with van der Waals surface area (Å²) in [7, 11) is 0. The van der Waals surface area contributed by atoms with E-state index in [1.807, 2.05) is 6.92 Å². The largest absolute Gasteiger partial charge is 0.326 e. The third kappa shape index (κ3) is 2.80. The van der Waals surface area contributed by atoms with Crippen LogP contribution in [0.4, 0.5) is 0 Å². The van der Waals surface area contributed by atoms with Gasteiger partial charge in [0, 0.05) is 5.54 Å². The molecule has 0 spiro atoms. The third-order valence-corrected chi connectivity index (χ3v) is 3.55. The molecule has 0 bridgehead atoms. The highest BCUT2D eigenvalue weighted by Gasteiger charge is 2.10. The molecule has 0 saturated carbocycles. The van der Waals surface area contributed by atoms with Crippen LogP contribution >= 0.6 is 11.3 Å². The van der Waals surface area contributed by atoms with E-state index in [0.717, 1.165) is 23.4 Å². The molecule has 16 heavy (non-hydrogen) atoms. The van der Waals surface area contributed by atoms with Crippen molar-refractivity contribution in [3.63, 3.8) is 0 Å². The van der Waals surface area contributed by atoms with Crippen LogP contribution in [0.5, 0.6) is 0 Å². The number of fused-ring (bicyclic) bond motifs is 1. The number of nitrogens with zero attached hydrogens (tertiary/aromatic N) is 1. The second-order valence-corrected chi connectivity index (χ2v) is 6.26. The van der Waals surface area contributed by atoms with Gasteiger partial charge in [-0.15, -0.1) is 11.3 Å². The highest BCUT2D eigenvalue weighted by atomic mass is 32.1. The van der Waals surface area contributed by atoms with Crippen LogP contribution in [0, 0.1) is 6.92 Å². The van der Waals surface area contributed by atoms with Crippen LogP contribution in [0.1, 0.15) is 30.8 Å². The standard InChI is InChI=1S/C13H18N2S/c1-9-15-11-5-4-10(8-12(11)16-9)6-7-13(2,3)14/h4-5,8H,6-7,14H2,1-3H3. The highest BCUT2D eigenvalue weighted by Crippen LogP contribution is 2.23. The maximum Gasteiger partial charge on any atom is 0.0907 e. The average Bonchev–Trinajstić information content (AvgIpc) is 2.52. The fourth-order valence-electron chi connectivity index (χ4n) is 1.71. The smallest absolute Gasteiger partial charge is 0.0907 e. The maximum absolute atomic E-state index is 5.99. The lowest BCUT2D eigenvalue weighted by atomic mass is 9.96. The van der Waals surface area contributed by atoms with Crippen LogP contribution in [-0.2, 0) is 6.42 Å². The van der Waals surface area contributed by atoms with Crippen molar-refractivity contribution in [2.75, 3.05) is 0 Å². The Morgan fingerprint density at radius 3 is 2.81 bits per heavy atom. The second kappa shape index (κ2) is 4.15. The lowest BCUT2D eigenvalue weighted by Gasteiger charge is -2.17. The molecule has 0 saturated heterocycles. The minimum absolute atomic E-state index is 0.0847. The van der Waals surface area contributed by atoms with Crippen LogP contribution in [-0.4, -0.2) is 10.5 Å². The molecule has 0 aliphatic rings. The first-order valence-electron chi connectivity index (χ1n) is 5.59. The fourth-order valence-corrected chi connectivity index (χ4v) is 2.60. The highest BCUT2D eigenvalue weighted by molar-refractivity contribution is 7.18. The quantitative estimate of drug-likeness (QED) is 0.885. The van der Waals surface area contributed by atoms with E-state index >= 15 is 0 Å². The summed E-state index contributed by atoms with van der Waals surface area (Å²) in [5.41, 5.74) is 8.37. The number of aromatic nitrogens is 1. The molecule has 0 radical (unpaired) electrons. The Hall–Kier alpha value is -0.930. The minimum atomic E-state index is -0.0847. The molecule has 3 heteroatoms. The number of nitrogens with two attached hydrogens (primary N) is 1. The molecule has 2 aromatic rings. The van der Waals surface area contributed by atoms with Gasteiger partial charge in [-0.25, -0.2) is 4.98 Å². The number of aryl methyl sites for hydroxylation is 2. The number of benzene rings is 1. The van der Waals surface area contributed by atoms with Crippen LogP contribution < -0.4 is 5.73 Å². The molecule has 1 aromatic carbocycles. The van der Waals surface area contributed by atoms with Gasteiger partial charge in [-0.1, -0.05) is 6.07 Å². The zero-order valence-electron chi connectivity index (χ0n) is 10.1. The van der Waals surface area contributed by atoms with Crippen molar-refractivity contribution in [2.45, 2.75) is 39.2 Å². The predicted molar refractivity (Wildman–Crippen MR) is 70.9 cm³/mol. The van der Waals surface area contributed by atoms with Crippen molar-refractivity contribution in [1.29, 1.82) is 0 Å². The van der Waals surface area contributed by atoms with Crippen molar-refractivity contribution in [2.24, 2.45) is 5.73 Å². The monoisotopic (exact) mass is 234 g/mol. The molecule has 2 nitrogen and oxygen atoms in total. The Morgan fingerprint density at radius 1 is 1.38 bits per heavy atom. The molecule has 0 aliphatic heterocycles. The van der Waals surface area contributed by atoms with E-state index in [4.69, 9.17) is 5.73 Å². The van der Waals surface area contributed by atoms with Gasteiger partial charge in [-0.05, 0) is 51.3 Å². The molecule has 2 N–H and O–H groups in total. The molecule has 0 unspecified atom stereocenters. The Morgan fingerprint density at radius 2 is 2.12 bits per heavy atom. The molecular weight excluding hydrogens is 216 g/mol. The van der Waals surface area contributed by atoms with E-state index in [1.54, 1.807) is 11.3 Å². The Kier molecular flexibility index (Phi) is 3.00. The summed E-state index contributed by atoms with van der Waals surface area (Å²) in [6, 6.07) is 6.51. The van der Waals surface area contributed by atoms with Gasteiger partial charge in [-0.3, -0.25) is 0 Å². The number of rotatable bonds is 3. The summed E-state index contributed by atoms with van der Waals surface area (Å²) in [5.74, 6) is 0. The summed E-state index contributed by atoms with van der Waals surface area (Å²) < 4.78 is 1.28. The van der Waals surface area contributed by atoms with Gasteiger partial charge in [-0.2, -0.15) is 0 Å². The van der Waals surface area contributed by atoms with E-state index in [9.17, 15) is 0 Å². The van der Waals surface area contributed by atoms with Gasteiger partial charge in [0.15, 0.2) is 0 Å². The van der Waals surface area contributed by atoms with Crippen LogP contribution in [0.25, 0.3) is 10.2 Å². The second-order valence-electron chi connectivity index (χ2n) is 5.02. The first-order valence-corrected chi connectivity index (χ1v) is 6.41. The van der Waals surface area contributed by atoms with Crippen molar-refractivity contribution < 1.29 is 0 Å². The Labute approximate surface area is 101 Å². The van der Waals surface area contributed by atoms with Gasteiger partial charge in [0.25, 0.3) is 0 Å². The van der Waals surface area contributed by atoms with Crippen molar-refractivity contribution in [1.82, 2.24) is 4.98 Å². The fraction of sp³-hybridized carbons (Fsp3) is 0.462. The van der Waals surface area contributed by atoms with E-state index < -0.39 is 0 Å². The molecule has 0 atom stereocenters. The van der Waals surface area contributed by atoms with Crippen molar-refractivity contribution in [3.05, 3.63) is 28.8 Å². The molecule has 0 aliphatic carbocycles. The maximum atomic E-state index is 5.99. The Balaban J connectivity index is 2.19. The lowest BCUT2D eigenvalue weighted by molar-refractivity contribution is 0.477. The van der Waals surface area contributed by atoms with Gasteiger partial charge >= 0.3 is 0 Å². The molecule has 1 aromatic heterocycles. The van der Waals surface area contributed by atoms with E-state index in [0.29, 0.717) is 0 Å². The first-order chi connectivity index (χ1) is 7.44. The number of thiazole rings is 1. The normalized spacial score (nSPS) is 12.2. The van der Waals surface area contributed by atoms with E-state index in [1.165, 1.54) is 10.3 Å².